The Morgan fingerprint density at radius 2 is 2.67 bits per heavy atom. The molecule has 0 saturated carbocycles. The summed E-state index contributed by atoms with van der Waals surface area (Å²) in [5.74, 6) is 0. The first-order valence-corrected chi connectivity index (χ1v) is 4.93. The van der Waals surface area contributed by atoms with E-state index in [1.54, 1.807) is 11.3 Å². The third-order valence-corrected chi connectivity index (χ3v) is 2.39. The summed E-state index contributed by atoms with van der Waals surface area (Å²) in [6.45, 7) is 6.71. The summed E-state index contributed by atoms with van der Waals surface area (Å²) in [4.78, 5) is 4.18. The van der Waals surface area contributed by atoms with Crippen LogP contribution in [0.1, 0.15) is 18.4 Å². The van der Waals surface area contributed by atoms with E-state index in [9.17, 15) is 0 Å². The molecular weight excluding hydrogens is 168 g/mol. The second kappa shape index (κ2) is 5.06. The Labute approximate surface area is 77.3 Å². The molecule has 1 aromatic heterocycles. The molecule has 1 atom stereocenters. The van der Waals surface area contributed by atoms with Crippen LogP contribution in [0.15, 0.2) is 24.2 Å². The lowest BCUT2D eigenvalue weighted by Crippen LogP contribution is -2.24. The van der Waals surface area contributed by atoms with E-state index in [2.05, 4.69) is 23.8 Å². The number of aromatic nitrogens is 1. The minimum atomic E-state index is 0.492. The van der Waals surface area contributed by atoms with Gasteiger partial charge in [0.05, 0.1) is 0 Å². The van der Waals surface area contributed by atoms with Gasteiger partial charge in [0.2, 0.25) is 0 Å². The highest BCUT2D eigenvalue weighted by molar-refractivity contribution is 7.09. The van der Waals surface area contributed by atoms with Crippen molar-refractivity contribution in [2.45, 2.75) is 25.9 Å². The van der Waals surface area contributed by atoms with Crippen LogP contribution in [0, 0.1) is 0 Å². The first-order valence-electron chi connectivity index (χ1n) is 4.05. The third-order valence-electron chi connectivity index (χ3n) is 1.61. The van der Waals surface area contributed by atoms with Crippen LogP contribution in [0.4, 0.5) is 0 Å². The molecule has 0 aromatic carbocycles. The molecule has 1 N–H and O–H groups in total. The minimum absolute atomic E-state index is 0.492. The minimum Gasteiger partial charge on any atom is -0.308 e. The van der Waals surface area contributed by atoms with Gasteiger partial charge < -0.3 is 5.32 Å². The van der Waals surface area contributed by atoms with Crippen molar-refractivity contribution in [1.29, 1.82) is 0 Å². The quantitative estimate of drug-likeness (QED) is 0.706. The molecule has 0 fully saturated rings. The maximum absolute atomic E-state index is 4.18. The predicted octanol–water partition coefficient (Wildman–Crippen LogP) is 2.20. The topological polar surface area (TPSA) is 24.9 Å². The number of nitrogens with zero attached hydrogens (tertiary/aromatic N) is 1. The number of rotatable bonds is 5. The zero-order valence-corrected chi connectivity index (χ0v) is 8.10. The van der Waals surface area contributed by atoms with E-state index in [0.717, 1.165) is 18.0 Å². The highest BCUT2D eigenvalue weighted by Gasteiger charge is 1.99. The van der Waals surface area contributed by atoms with Crippen molar-refractivity contribution >= 4 is 11.3 Å². The number of hydrogen-bond acceptors (Lipinski definition) is 3. The van der Waals surface area contributed by atoms with Crippen molar-refractivity contribution < 1.29 is 0 Å². The summed E-state index contributed by atoms with van der Waals surface area (Å²) < 4.78 is 0. The molecule has 0 bridgehead atoms. The molecule has 1 heterocycles. The first-order chi connectivity index (χ1) is 5.83. The van der Waals surface area contributed by atoms with E-state index in [4.69, 9.17) is 0 Å². The Morgan fingerprint density at radius 3 is 3.25 bits per heavy atom. The van der Waals surface area contributed by atoms with Crippen molar-refractivity contribution in [2.24, 2.45) is 0 Å². The summed E-state index contributed by atoms with van der Waals surface area (Å²) in [5.41, 5.74) is 0. The van der Waals surface area contributed by atoms with E-state index >= 15 is 0 Å². The normalized spacial score (nSPS) is 12.8. The maximum Gasteiger partial charge on any atom is 0.106 e. The summed E-state index contributed by atoms with van der Waals surface area (Å²) >= 11 is 1.68. The third kappa shape index (κ3) is 3.15. The standard InChI is InChI=1S/C9H14N2S/c1-3-4-8(2)11-7-9-10-5-6-12-9/h3,5-6,8,11H,1,4,7H2,2H3. The number of thiazole rings is 1. The average Bonchev–Trinajstić information content (AvgIpc) is 2.53. The molecule has 1 rings (SSSR count). The van der Waals surface area contributed by atoms with Crippen LogP contribution in [0.5, 0.6) is 0 Å². The molecule has 0 aliphatic rings. The Morgan fingerprint density at radius 1 is 1.83 bits per heavy atom. The maximum atomic E-state index is 4.18. The molecular formula is C9H14N2S. The van der Waals surface area contributed by atoms with Crippen LogP contribution in [-0.4, -0.2) is 11.0 Å². The lowest BCUT2D eigenvalue weighted by atomic mass is 10.2. The summed E-state index contributed by atoms with van der Waals surface area (Å²) in [6, 6.07) is 0.492. The van der Waals surface area contributed by atoms with E-state index in [1.165, 1.54) is 0 Å². The van der Waals surface area contributed by atoms with Gasteiger partial charge in [-0.15, -0.1) is 17.9 Å². The van der Waals surface area contributed by atoms with Crippen LogP contribution in [0.2, 0.25) is 0 Å². The molecule has 0 radical (unpaired) electrons. The van der Waals surface area contributed by atoms with Gasteiger partial charge in [0, 0.05) is 24.2 Å². The summed E-state index contributed by atoms with van der Waals surface area (Å²) in [6.07, 6.45) is 4.77. The molecule has 3 heteroatoms. The smallest absolute Gasteiger partial charge is 0.106 e. The van der Waals surface area contributed by atoms with Crippen LogP contribution in [0.25, 0.3) is 0 Å². The highest BCUT2D eigenvalue weighted by atomic mass is 32.1. The van der Waals surface area contributed by atoms with Crippen molar-refractivity contribution in [1.82, 2.24) is 10.3 Å². The Kier molecular flexibility index (Phi) is 3.97. The second-order valence-corrected chi connectivity index (χ2v) is 3.71. The summed E-state index contributed by atoms with van der Waals surface area (Å²) in [7, 11) is 0. The molecule has 0 aliphatic carbocycles. The van der Waals surface area contributed by atoms with Crippen molar-refractivity contribution in [3.8, 4) is 0 Å². The van der Waals surface area contributed by atoms with Crippen molar-refractivity contribution in [2.75, 3.05) is 0 Å². The highest BCUT2D eigenvalue weighted by Crippen LogP contribution is 2.03. The molecule has 1 aromatic rings. The van der Waals surface area contributed by atoms with Gasteiger partial charge in [0.25, 0.3) is 0 Å². The lowest BCUT2D eigenvalue weighted by molar-refractivity contribution is 0.552. The molecule has 0 spiro atoms. The fourth-order valence-electron chi connectivity index (χ4n) is 0.935. The SMILES string of the molecule is C=CCC(C)NCc1nccs1. The fourth-order valence-corrected chi connectivity index (χ4v) is 1.50. The molecule has 0 amide bonds. The number of nitrogens with one attached hydrogen (secondary N) is 1. The largest absolute Gasteiger partial charge is 0.308 e. The van der Waals surface area contributed by atoms with Crippen LogP contribution in [-0.2, 0) is 6.54 Å². The molecule has 2 nitrogen and oxygen atoms in total. The Bertz CT molecular complexity index is 218. The van der Waals surface area contributed by atoms with Gasteiger partial charge in [0.15, 0.2) is 0 Å². The molecule has 1 unspecified atom stereocenters. The van der Waals surface area contributed by atoms with Crippen molar-refractivity contribution in [3.63, 3.8) is 0 Å². The average molecular weight is 182 g/mol. The van der Waals surface area contributed by atoms with E-state index in [0.29, 0.717) is 6.04 Å². The van der Waals surface area contributed by atoms with E-state index in [-0.39, 0.29) is 0 Å². The monoisotopic (exact) mass is 182 g/mol. The van der Waals surface area contributed by atoms with Gasteiger partial charge in [0.1, 0.15) is 5.01 Å². The predicted molar refractivity (Wildman–Crippen MR) is 53.2 cm³/mol. The molecule has 0 saturated heterocycles. The number of hydrogen-bond donors (Lipinski definition) is 1. The Hall–Kier alpha value is -0.670. The second-order valence-electron chi connectivity index (χ2n) is 2.73. The van der Waals surface area contributed by atoms with Gasteiger partial charge in [-0.3, -0.25) is 0 Å². The van der Waals surface area contributed by atoms with E-state index in [1.807, 2.05) is 17.7 Å². The fraction of sp³-hybridized carbons (Fsp3) is 0.444. The molecule has 12 heavy (non-hydrogen) atoms. The molecule has 66 valence electrons. The van der Waals surface area contributed by atoms with Crippen LogP contribution >= 0.6 is 11.3 Å². The van der Waals surface area contributed by atoms with E-state index < -0.39 is 0 Å². The lowest BCUT2D eigenvalue weighted by Gasteiger charge is -2.08. The van der Waals surface area contributed by atoms with Gasteiger partial charge in [-0.05, 0) is 13.3 Å². The molecule has 0 aliphatic heterocycles. The first kappa shape index (κ1) is 9.42. The van der Waals surface area contributed by atoms with Gasteiger partial charge in [-0.2, -0.15) is 0 Å². The van der Waals surface area contributed by atoms with Gasteiger partial charge in [-0.25, -0.2) is 4.98 Å². The summed E-state index contributed by atoms with van der Waals surface area (Å²) in [5, 5.41) is 6.50. The van der Waals surface area contributed by atoms with Crippen molar-refractivity contribution in [3.05, 3.63) is 29.2 Å². The zero-order chi connectivity index (χ0) is 8.81. The van der Waals surface area contributed by atoms with Crippen LogP contribution < -0.4 is 5.32 Å². The van der Waals surface area contributed by atoms with Crippen LogP contribution in [0.3, 0.4) is 0 Å². The Balaban J connectivity index is 2.21. The zero-order valence-electron chi connectivity index (χ0n) is 7.29. The van der Waals surface area contributed by atoms with Gasteiger partial charge in [-0.1, -0.05) is 6.08 Å². The van der Waals surface area contributed by atoms with Gasteiger partial charge >= 0.3 is 0 Å².